The van der Waals surface area contributed by atoms with E-state index in [1.807, 2.05) is 0 Å². The minimum Gasteiger partial charge on any atom is -0.379 e. The van der Waals surface area contributed by atoms with Crippen LogP contribution in [0.3, 0.4) is 0 Å². The Morgan fingerprint density at radius 2 is 1.93 bits per heavy atom. The molecule has 0 saturated carbocycles. The molecule has 2 aromatic rings. The van der Waals surface area contributed by atoms with Gasteiger partial charge >= 0.3 is 0 Å². The third kappa shape index (κ3) is 4.78. The largest absolute Gasteiger partial charge is 0.379 e. The van der Waals surface area contributed by atoms with Crippen LogP contribution in [0.15, 0.2) is 47.4 Å². The SMILES string of the molecule is Cc1cc([N+](=O)[O-])ccc1NCC(=O)c1cccc(S(=O)(=O)N2CCOCC2)c1. The molecule has 3 rings (SSSR count). The van der Waals surface area contributed by atoms with Crippen molar-refractivity contribution in [2.24, 2.45) is 0 Å². The Hall–Kier alpha value is -2.82. The molecule has 1 aliphatic rings. The summed E-state index contributed by atoms with van der Waals surface area (Å²) in [5, 5.41) is 13.8. The fraction of sp³-hybridized carbons (Fsp3) is 0.316. The first-order valence-electron chi connectivity index (χ1n) is 8.99. The topological polar surface area (TPSA) is 119 Å². The highest BCUT2D eigenvalue weighted by Gasteiger charge is 2.26. The summed E-state index contributed by atoms with van der Waals surface area (Å²) in [5.41, 5.74) is 1.48. The lowest BCUT2D eigenvalue weighted by atomic mass is 10.1. The number of hydrogen-bond donors (Lipinski definition) is 1. The van der Waals surface area contributed by atoms with Gasteiger partial charge in [-0.2, -0.15) is 4.31 Å². The van der Waals surface area contributed by atoms with Crippen LogP contribution in [-0.2, 0) is 14.8 Å². The number of sulfonamides is 1. The normalized spacial score (nSPS) is 15.1. The average Bonchev–Trinajstić information content (AvgIpc) is 2.73. The first-order chi connectivity index (χ1) is 13.8. The summed E-state index contributed by atoms with van der Waals surface area (Å²) in [7, 11) is -3.69. The molecule has 29 heavy (non-hydrogen) atoms. The van der Waals surface area contributed by atoms with Gasteiger partial charge in [-0.1, -0.05) is 12.1 Å². The molecule has 0 atom stereocenters. The highest BCUT2D eigenvalue weighted by Crippen LogP contribution is 2.22. The van der Waals surface area contributed by atoms with Gasteiger partial charge in [-0.3, -0.25) is 14.9 Å². The van der Waals surface area contributed by atoms with Gasteiger partial charge in [0.25, 0.3) is 5.69 Å². The van der Waals surface area contributed by atoms with Crippen molar-refractivity contribution in [1.82, 2.24) is 4.31 Å². The molecule has 1 aliphatic heterocycles. The molecule has 0 aliphatic carbocycles. The maximum absolute atomic E-state index is 12.8. The number of nitrogens with zero attached hydrogens (tertiary/aromatic N) is 2. The van der Waals surface area contributed by atoms with Gasteiger partial charge in [0.1, 0.15) is 0 Å². The molecule has 1 N–H and O–H groups in total. The zero-order chi connectivity index (χ0) is 21.0. The lowest BCUT2D eigenvalue weighted by Crippen LogP contribution is -2.40. The first-order valence-corrected chi connectivity index (χ1v) is 10.4. The Kier molecular flexibility index (Phi) is 6.26. The van der Waals surface area contributed by atoms with E-state index in [9.17, 15) is 23.3 Å². The number of nitrogens with one attached hydrogen (secondary N) is 1. The molecule has 1 saturated heterocycles. The molecule has 0 aromatic heterocycles. The number of ether oxygens (including phenoxy) is 1. The predicted molar refractivity (Wildman–Crippen MR) is 107 cm³/mol. The second-order valence-corrected chi connectivity index (χ2v) is 8.52. The summed E-state index contributed by atoms with van der Waals surface area (Å²) in [6, 6.07) is 10.3. The highest BCUT2D eigenvalue weighted by atomic mass is 32.2. The highest BCUT2D eigenvalue weighted by molar-refractivity contribution is 7.89. The fourth-order valence-corrected chi connectivity index (χ4v) is 4.46. The number of anilines is 1. The van der Waals surface area contributed by atoms with Crippen LogP contribution >= 0.6 is 0 Å². The Labute approximate surface area is 168 Å². The Bertz CT molecular complexity index is 1030. The number of Topliss-reactive ketones (excluding diaryl/α,β-unsaturated/α-hetero) is 1. The standard InChI is InChI=1S/C19H21N3O6S/c1-14-11-16(22(24)25)5-6-18(14)20-13-19(23)15-3-2-4-17(12-15)29(26,27)21-7-9-28-10-8-21/h2-6,11-12,20H,7-10,13H2,1H3. The van der Waals surface area contributed by atoms with Gasteiger partial charge in [-0.15, -0.1) is 0 Å². The molecule has 10 heteroatoms. The van der Waals surface area contributed by atoms with E-state index in [1.54, 1.807) is 19.1 Å². The van der Waals surface area contributed by atoms with Crippen LogP contribution in [0.4, 0.5) is 11.4 Å². The summed E-state index contributed by atoms with van der Waals surface area (Å²) in [5.74, 6) is -0.290. The third-order valence-electron chi connectivity index (χ3n) is 4.62. The van der Waals surface area contributed by atoms with E-state index < -0.39 is 14.9 Å². The van der Waals surface area contributed by atoms with Crippen LogP contribution in [0.5, 0.6) is 0 Å². The van der Waals surface area contributed by atoms with E-state index in [1.165, 1.54) is 34.6 Å². The van der Waals surface area contributed by atoms with Crippen LogP contribution in [0.1, 0.15) is 15.9 Å². The molecule has 0 bridgehead atoms. The quantitative estimate of drug-likeness (QED) is 0.415. The van der Waals surface area contributed by atoms with Gasteiger partial charge in [0.15, 0.2) is 5.78 Å². The number of carbonyl (C=O) groups excluding carboxylic acids is 1. The number of rotatable bonds is 7. The number of carbonyl (C=O) groups is 1. The van der Waals surface area contributed by atoms with Crippen molar-refractivity contribution >= 4 is 27.2 Å². The molecule has 9 nitrogen and oxygen atoms in total. The summed E-state index contributed by atoms with van der Waals surface area (Å²) < 4.78 is 32.1. The molecule has 1 heterocycles. The number of non-ortho nitro benzene ring substituents is 1. The summed E-state index contributed by atoms with van der Waals surface area (Å²) in [6.07, 6.45) is 0. The summed E-state index contributed by atoms with van der Waals surface area (Å²) >= 11 is 0. The lowest BCUT2D eigenvalue weighted by molar-refractivity contribution is -0.384. The van der Waals surface area contributed by atoms with Crippen LogP contribution in [0.2, 0.25) is 0 Å². The zero-order valence-corrected chi connectivity index (χ0v) is 16.6. The first kappa shape index (κ1) is 20.9. The number of hydrogen-bond acceptors (Lipinski definition) is 7. The van der Waals surface area contributed by atoms with E-state index in [4.69, 9.17) is 4.74 Å². The number of ketones is 1. The molecule has 0 unspecified atom stereocenters. The number of benzene rings is 2. The van der Waals surface area contributed by atoms with Crippen LogP contribution < -0.4 is 5.32 Å². The van der Waals surface area contributed by atoms with Gasteiger partial charge in [0.05, 0.1) is 29.6 Å². The second kappa shape index (κ2) is 8.68. The molecule has 0 radical (unpaired) electrons. The molecular formula is C19H21N3O6S. The molecular weight excluding hydrogens is 398 g/mol. The number of morpholine rings is 1. The lowest BCUT2D eigenvalue weighted by Gasteiger charge is -2.26. The van der Waals surface area contributed by atoms with E-state index in [0.29, 0.717) is 24.5 Å². The number of nitro groups is 1. The van der Waals surface area contributed by atoms with Gasteiger partial charge in [-0.05, 0) is 30.7 Å². The molecule has 0 amide bonds. The minimum atomic E-state index is -3.69. The monoisotopic (exact) mass is 419 g/mol. The van der Waals surface area contributed by atoms with E-state index in [-0.39, 0.29) is 41.6 Å². The van der Waals surface area contributed by atoms with E-state index in [2.05, 4.69) is 5.32 Å². The van der Waals surface area contributed by atoms with Crippen LogP contribution in [-0.4, -0.2) is 56.3 Å². The maximum atomic E-state index is 12.8. The van der Waals surface area contributed by atoms with Crippen LogP contribution in [0, 0.1) is 17.0 Å². The van der Waals surface area contributed by atoms with Crippen LogP contribution in [0.25, 0.3) is 0 Å². The van der Waals surface area contributed by atoms with E-state index >= 15 is 0 Å². The zero-order valence-electron chi connectivity index (χ0n) is 15.8. The van der Waals surface area contributed by atoms with Gasteiger partial charge in [-0.25, -0.2) is 8.42 Å². The fourth-order valence-electron chi connectivity index (χ4n) is 3.00. The molecule has 154 valence electrons. The van der Waals surface area contributed by atoms with Gasteiger partial charge in [0, 0.05) is 36.5 Å². The van der Waals surface area contributed by atoms with Crippen molar-refractivity contribution in [3.05, 3.63) is 63.7 Å². The van der Waals surface area contributed by atoms with Crippen molar-refractivity contribution in [2.45, 2.75) is 11.8 Å². The van der Waals surface area contributed by atoms with Crippen molar-refractivity contribution < 1.29 is 22.9 Å². The average molecular weight is 419 g/mol. The van der Waals surface area contributed by atoms with Gasteiger partial charge < -0.3 is 10.1 Å². The number of aryl methyl sites for hydroxylation is 1. The smallest absolute Gasteiger partial charge is 0.269 e. The minimum absolute atomic E-state index is 0.0274. The summed E-state index contributed by atoms with van der Waals surface area (Å²) in [6.45, 7) is 2.88. The molecule has 0 spiro atoms. The Balaban J connectivity index is 1.72. The predicted octanol–water partition coefficient (Wildman–Crippen LogP) is 2.22. The second-order valence-electron chi connectivity index (χ2n) is 6.58. The molecule has 1 fully saturated rings. The van der Waals surface area contributed by atoms with Gasteiger partial charge in [0.2, 0.25) is 10.0 Å². The molecule has 2 aromatic carbocycles. The Morgan fingerprint density at radius 1 is 1.21 bits per heavy atom. The van der Waals surface area contributed by atoms with E-state index in [0.717, 1.165) is 0 Å². The van der Waals surface area contributed by atoms with Crippen molar-refractivity contribution in [1.29, 1.82) is 0 Å². The van der Waals surface area contributed by atoms with Crippen molar-refractivity contribution in [3.8, 4) is 0 Å². The van der Waals surface area contributed by atoms with Crippen molar-refractivity contribution in [3.63, 3.8) is 0 Å². The van der Waals surface area contributed by atoms with Crippen molar-refractivity contribution in [2.75, 3.05) is 38.2 Å². The summed E-state index contributed by atoms with van der Waals surface area (Å²) in [4.78, 5) is 23.0. The Morgan fingerprint density at radius 3 is 2.59 bits per heavy atom. The third-order valence-corrected chi connectivity index (χ3v) is 6.52. The number of nitro benzene ring substituents is 1. The maximum Gasteiger partial charge on any atom is 0.269 e.